The van der Waals surface area contributed by atoms with Crippen molar-refractivity contribution in [3.63, 3.8) is 0 Å². The van der Waals surface area contributed by atoms with Gasteiger partial charge in [0.05, 0.1) is 17.7 Å². The standard InChI is InChI=1S/C27H25F6N3O2S/c28-26(29,30)20-11-21(27(31,32)33)13-22(12-20)34-25(38)36(15-19-8-9-19)17-24(37)35(16-23-7-4-10-39-23)14-18-5-2-1-3-6-18/h1-7,10-13,19H,8-9,14-17H2,(H,34,38). The molecular formula is C27H25F6N3O2S. The van der Waals surface area contributed by atoms with E-state index in [4.69, 9.17) is 0 Å². The molecule has 0 bridgehead atoms. The van der Waals surface area contributed by atoms with Gasteiger partial charge >= 0.3 is 18.4 Å². The molecule has 39 heavy (non-hydrogen) atoms. The van der Waals surface area contributed by atoms with Gasteiger partial charge in [0.2, 0.25) is 5.91 Å². The van der Waals surface area contributed by atoms with Crippen molar-refractivity contribution in [3.8, 4) is 0 Å². The van der Waals surface area contributed by atoms with Crippen LogP contribution in [-0.2, 0) is 30.2 Å². The monoisotopic (exact) mass is 569 g/mol. The number of carbonyl (C=O) groups excluding carboxylic acids is 2. The Balaban J connectivity index is 1.55. The lowest BCUT2D eigenvalue weighted by Gasteiger charge is -2.28. The summed E-state index contributed by atoms with van der Waals surface area (Å²) in [5, 5.41) is 4.03. The number of rotatable bonds is 9. The zero-order valence-corrected chi connectivity index (χ0v) is 21.4. The second kappa shape index (κ2) is 11.7. The minimum absolute atomic E-state index is 0.00676. The smallest absolute Gasteiger partial charge is 0.332 e. The predicted molar refractivity (Wildman–Crippen MR) is 135 cm³/mol. The molecule has 1 fully saturated rings. The number of carbonyl (C=O) groups is 2. The Kier molecular flexibility index (Phi) is 8.53. The molecule has 0 atom stereocenters. The van der Waals surface area contributed by atoms with Gasteiger partial charge in [-0.1, -0.05) is 36.4 Å². The molecule has 1 aliphatic rings. The molecule has 0 saturated heterocycles. The predicted octanol–water partition coefficient (Wildman–Crippen LogP) is 7.26. The van der Waals surface area contributed by atoms with Crippen LogP contribution in [0.1, 0.15) is 34.4 Å². The van der Waals surface area contributed by atoms with E-state index in [2.05, 4.69) is 5.32 Å². The van der Waals surface area contributed by atoms with Gasteiger partial charge in [0, 0.05) is 23.7 Å². The molecule has 2 aromatic carbocycles. The molecular weight excluding hydrogens is 544 g/mol. The topological polar surface area (TPSA) is 52.7 Å². The average molecular weight is 570 g/mol. The highest BCUT2D eigenvalue weighted by atomic mass is 32.1. The van der Waals surface area contributed by atoms with Gasteiger partial charge in [-0.3, -0.25) is 4.79 Å². The van der Waals surface area contributed by atoms with Gasteiger partial charge < -0.3 is 15.1 Å². The van der Waals surface area contributed by atoms with E-state index in [-0.39, 0.29) is 38.2 Å². The molecule has 0 aliphatic heterocycles. The molecule has 3 aromatic rings. The molecule has 4 rings (SSSR count). The number of nitrogens with zero attached hydrogens (tertiary/aromatic N) is 2. The summed E-state index contributed by atoms with van der Waals surface area (Å²) in [6.07, 6.45) is -8.49. The average Bonchev–Trinajstić information content (AvgIpc) is 3.54. The zero-order chi connectivity index (χ0) is 28.2. The molecule has 1 saturated carbocycles. The third kappa shape index (κ3) is 8.22. The molecule has 1 heterocycles. The molecule has 1 aromatic heterocycles. The van der Waals surface area contributed by atoms with Crippen molar-refractivity contribution in [1.82, 2.24) is 9.80 Å². The maximum absolute atomic E-state index is 13.4. The van der Waals surface area contributed by atoms with E-state index < -0.39 is 41.1 Å². The molecule has 3 amide bonds. The highest BCUT2D eigenvalue weighted by molar-refractivity contribution is 7.09. The lowest BCUT2D eigenvalue weighted by molar-refractivity contribution is -0.143. The lowest BCUT2D eigenvalue weighted by atomic mass is 10.1. The number of amides is 3. The number of anilines is 1. The van der Waals surface area contributed by atoms with Crippen LogP contribution in [0.3, 0.4) is 0 Å². The van der Waals surface area contributed by atoms with E-state index in [1.165, 1.54) is 11.3 Å². The van der Waals surface area contributed by atoms with E-state index in [1.54, 1.807) is 4.90 Å². The maximum atomic E-state index is 13.4. The second-order valence-corrected chi connectivity index (χ2v) is 10.4. The van der Waals surface area contributed by atoms with Crippen molar-refractivity contribution in [1.29, 1.82) is 0 Å². The van der Waals surface area contributed by atoms with Gasteiger partial charge in [0.15, 0.2) is 0 Å². The fourth-order valence-corrected chi connectivity index (χ4v) is 4.67. The molecule has 208 valence electrons. The van der Waals surface area contributed by atoms with Gasteiger partial charge in [-0.2, -0.15) is 26.3 Å². The zero-order valence-electron chi connectivity index (χ0n) is 20.6. The Morgan fingerprint density at radius 2 is 1.49 bits per heavy atom. The number of hydrogen-bond donors (Lipinski definition) is 1. The maximum Gasteiger partial charge on any atom is 0.416 e. The van der Waals surface area contributed by atoms with Gasteiger partial charge in [-0.05, 0) is 54.0 Å². The summed E-state index contributed by atoms with van der Waals surface area (Å²) >= 11 is 1.46. The van der Waals surface area contributed by atoms with Crippen LogP contribution in [0.5, 0.6) is 0 Å². The minimum Gasteiger partial charge on any atom is -0.332 e. The Morgan fingerprint density at radius 3 is 2.03 bits per heavy atom. The summed E-state index contributed by atoms with van der Waals surface area (Å²) in [6.45, 7) is 0.318. The van der Waals surface area contributed by atoms with E-state index in [9.17, 15) is 35.9 Å². The summed E-state index contributed by atoms with van der Waals surface area (Å²) < 4.78 is 79.6. The Labute approximate surface area is 225 Å². The number of hydrogen-bond acceptors (Lipinski definition) is 3. The number of thiophene rings is 1. The molecule has 1 N–H and O–H groups in total. The first-order valence-electron chi connectivity index (χ1n) is 12.1. The summed E-state index contributed by atoms with van der Waals surface area (Å²) in [5.41, 5.74) is -2.87. The fourth-order valence-electron chi connectivity index (χ4n) is 3.95. The van der Waals surface area contributed by atoms with Gasteiger partial charge in [0.25, 0.3) is 0 Å². The van der Waals surface area contributed by atoms with Crippen molar-refractivity contribution in [2.45, 2.75) is 38.3 Å². The van der Waals surface area contributed by atoms with Crippen LogP contribution >= 0.6 is 11.3 Å². The number of alkyl halides is 6. The summed E-state index contributed by atoms with van der Waals surface area (Å²) in [4.78, 5) is 30.2. The van der Waals surface area contributed by atoms with E-state index in [1.807, 2.05) is 47.8 Å². The first-order chi connectivity index (χ1) is 18.4. The highest BCUT2D eigenvalue weighted by Gasteiger charge is 2.37. The minimum atomic E-state index is -5.05. The van der Waals surface area contributed by atoms with Crippen LogP contribution in [0.25, 0.3) is 0 Å². The first kappa shape index (κ1) is 28.5. The molecule has 0 radical (unpaired) electrons. The van der Waals surface area contributed by atoms with Crippen molar-refractivity contribution in [3.05, 3.63) is 87.6 Å². The van der Waals surface area contributed by atoms with Crippen LogP contribution in [0.15, 0.2) is 66.0 Å². The number of nitrogens with one attached hydrogen (secondary N) is 1. The summed E-state index contributed by atoms with van der Waals surface area (Å²) in [7, 11) is 0. The summed E-state index contributed by atoms with van der Waals surface area (Å²) in [6, 6.07) is 12.9. The van der Waals surface area contributed by atoms with E-state index in [0.29, 0.717) is 12.1 Å². The van der Waals surface area contributed by atoms with Crippen molar-refractivity contribution >= 4 is 29.0 Å². The third-order valence-electron chi connectivity index (χ3n) is 6.12. The van der Waals surface area contributed by atoms with E-state index in [0.717, 1.165) is 28.2 Å². The van der Waals surface area contributed by atoms with Crippen LogP contribution in [0.2, 0.25) is 0 Å². The number of halogens is 6. The van der Waals surface area contributed by atoms with E-state index >= 15 is 0 Å². The highest BCUT2D eigenvalue weighted by Crippen LogP contribution is 2.38. The van der Waals surface area contributed by atoms with Crippen LogP contribution in [0, 0.1) is 5.92 Å². The largest absolute Gasteiger partial charge is 0.416 e. The molecule has 5 nitrogen and oxygen atoms in total. The van der Waals surface area contributed by atoms with Gasteiger partial charge in [0.1, 0.15) is 6.54 Å². The number of urea groups is 1. The molecule has 0 spiro atoms. The van der Waals surface area contributed by atoms with Crippen LogP contribution in [-0.4, -0.2) is 34.8 Å². The van der Waals surface area contributed by atoms with Crippen LogP contribution in [0.4, 0.5) is 36.8 Å². The normalized spacial score (nSPS) is 13.7. The molecule has 0 unspecified atom stereocenters. The fraction of sp³-hybridized carbons (Fsp3) is 0.333. The van der Waals surface area contributed by atoms with Gasteiger partial charge in [-0.25, -0.2) is 4.79 Å². The second-order valence-electron chi connectivity index (χ2n) is 9.36. The quantitative estimate of drug-likeness (QED) is 0.276. The van der Waals surface area contributed by atoms with Gasteiger partial charge in [-0.15, -0.1) is 11.3 Å². The van der Waals surface area contributed by atoms with Crippen molar-refractivity contribution < 1.29 is 35.9 Å². The summed E-state index contributed by atoms with van der Waals surface area (Å²) in [5.74, 6) is -0.293. The van der Waals surface area contributed by atoms with Crippen molar-refractivity contribution in [2.24, 2.45) is 5.92 Å². The first-order valence-corrected chi connectivity index (χ1v) is 13.0. The van der Waals surface area contributed by atoms with Crippen molar-refractivity contribution in [2.75, 3.05) is 18.4 Å². The molecule has 12 heteroatoms. The lowest BCUT2D eigenvalue weighted by Crippen LogP contribution is -2.45. The SMILES string of the molecule is O=C(CN(CC1CC1)C(=O)Nc1cc(C(F)(F)F)cc(C(F)(F)F)c1)N(Cc1ccccc1)Cc1cccs1. The Morgan fingerprint density at radius 1 is 0.846 bits per heavy atom. The Hall–Kier alpha value is -3.54. The molecule has 1 aliphatic carbocycles. The number of benzene rings is 2. The third-order valence-corrected chi connectivity index (χ3v) is 6.98. The van der Waals surface area contributed by atoms with Crippen LogP contribution < -0.4 is 5.32 Å². The Bertz CT molecular complexity index is 1240.